The Morgan fingerprint density at radius 3 is 2.08 bits per heavy atom. The van der Waals surface area contributed by atoms with Crippen LogP contribution in [0.3, 0.4) is 0 Å². The van der Waals surface area contributed by atoms with Gasteiger partial charge in [0.2, 0.25) is 0 Å². The number of carbonyl (C=O) groups is 1. The van der Waals surface area contributed by atoms with Crippen molar-refractivity contribution >= 4 is 54.7 Å². The molecule has 0 atom stereocenters. The van der Waals surface area contributed by atoms with Crippen molar-refractivity contribution in [2.24, 2.45) is 16.2 Å². The van der Waals surface area contributed by atoms with Crippen LogP contribution in [0.2, 0.25) is 0 Å². The summed E-state index contributed by atoms with van der Waals surface area (Å²) in [7, 11) is 0. The molecule has 0 amide bonds. The first-order valence-electron chi connectivity index (χ1n) is 17.5. The maximum atomic E-state index is 12.2. The Morgan fingerprint density at radius 1 is 0.854 bits per heavy atom. The van der Waals surface area contributed by atoms with E-state index >= 15 is 0 Å². The average Bonchev–Trinajstić information content (AvgIpc) is 3.33. The van der Waals surface area contributed by atoms with E-state index in [1.807, 2.05) is 47.7 Å². The fourth-order valence-corrected chi connectivity index (χ4v) is 7.01. The van der Waals surface area contributed by atoms with E-state index in [9.17, 15) is 9.90 Å². The number of hydrogen-bond acceptors (Lipinski definition) is 3. The minimum atomic E-state index is -0.337. The fourth-order valence-electron chi connectivity index (χ4n) is 7.01. The van der Waals surface area contributed by atoms with Gasteiger partial charge in [-0.1, -0.05) is 116 Å². The number of aliphatic hydroxyl groups is 1. The first kappa shape index (κ1) is 37.5. The molecule has 0 spiro atoms. The van der Waals surface area contributed by atoms with Gasteiger partial charge in [0.05, 0.1) is 0 Å². The summed E-state index contributed by atoms with van der Waals surface area (Å²) in [6, 6.07) is 19.0. The van der Waals surface area contributed by atoms with Gasteiger partial charge in [0, 0.05) is 65.3 Å². The summed E-state index contributed by atoms with van der Waals surface area (Å²) in [5.41, 5.74) is 7.34. The van der Waals surface area contributed by atoms with E-state index in [0.29, 0.717) is 0 Å². The predicted molar refractivity (Wildman–Crippen MR) is 201 cm³/mol. The molecule has 0 aliphatic heterocycles. The van der Waals surface area contributed by atoms with Crippen molar-refractivity contribution in [3.8, 4) is 0 Å². The van der Waals surface area contributed by atoms with Crippen molar-refractivity contribution in [1.29, 1.82) is 0 Å². The van der Waals surface area contributed by atoms with E-state index in [1.165, 1.54) is 55.5 Å². The van der Waals surface area contributed by atoms with Gasteiger partial charge in [-0.15, -0.1) is 17.5 Å². The van der Waals surface area contributed by atoms with Gasteiger partial charge in [-0.3, -0.25) is 9.78 Å². The molecule has 0 unspecified atom stereocenters. The average molecular weight is 822 g/mol. The molecule has 0 aliphatic carbocycles. The van der Waals surface area contributed by atoms with Crippen LogP contribution in [-0.2, 0) is 31.3 Å². The first-order valence-corrected chi connectivity index (χ1v) is 17.5. The summed E-state index contributed by atoms with van der Waals surface area (Å²) in [5, 5.41) is 17.5. The number of aromatic nitrogens is 2. The first-order chi connectivity index (χ1) is 22.1. The van der Waals surface area contributed by atoms with Gasteiger partial charge in [-0.25, -0.2) is 0 Å². The molecule has 0 saturated carbocycles. The van der Waals surface area contributed by atoms with E-state index in [2.05, 4.69) is 87.6 Å². The summed E-state index contributed by atoms with van der Waals surface area (Å²) in [5.74, 6) is 0.286. The number of allylic oxidation sites excluding steroid dienone is 2. The summed E-state index contributed by atoms with van der Waals surface area (Å²) >= 11 is 0. The second-order valence-corrected chi connectivity index (χ2v) is 15.3. The van der Waals surface area contributed by atoms with Crippen LogP contribution in [0.25, 0.3) is 48.9 Å². The topological polar surface area (TPSA) is 54.6 Å². The van der Waals surface area contributed by atoms with Crippen LogP contribution in [0.1, 0.15) is 105 Å². The molecule has 3 aromatic heterocycles. The minimum Gasteiger partial charge on any atom is -0.512 e. The normalized spacial score (nSPS) is 13.0. The molecule has 3 aromatic carbocycles. The third-order valence-electron chi connectivity index (χ3n) is 11.2. The zero-order valence-electron chi connectivity index (χ0n) is 30.8. The van der Waals surface area contributed by atoms with Gasteiger partial charge in [-0.2, -0.15) is 0 Å². The van der Waals surface area contributed by atoms with Crippen LogP contribution in [-0.4, -0.2) is 20.3 Å². The Balaban J connectivity index is 0.000000251. The van der Waals surface area contributed by atoms with Crippen molar-refractivity contribution in [1.82, 2.24) is 9.38 Å². The van der Waals surface area contributed by atoms with E-state index < -0.39 is 0 Å². The molecular weight excluding hydrogens is 769 g/mol. The number of aliphatic hydroxyl groups excluding tert-OH is 1. The van der Waals surface area contributed by atoms with Crippen molar-refractivity contribution in [2.45, 2.75) is 108 Å². The second-order valence-electron chi connectivity index (χ2n) is 15.3. The van der Waals surface area contributed by atoms with Gasteiger partial charge < -0.3 is 9.51 Å². The van der Waals surface area contributed by atoms with Crippen LogP contribution in [0.5, 0.6) is 0 Å². The van der Waals surface area contributed by atoms with E-state index in [4.69, 9.17) is 4.98 Å². The molecular formula is C43H53IrN2O2-. The fraction of sp³-hybridized carbons (Fsp3) is 0.442. The van der Waals surface area contributed by atoms with Crippen LogP contribution in [0.15, 0.2) is 60.5 Å². The number of ketones is 1. The maximum Gasteiger partial charge on any atom is 0.164 e. The molecule has 0 aliphatic rings. The largest absolute Gasteiger partial charge is 0.512 e. The molecule has 5 heteroatoms. The summed E-state index contributed by atoms with van der Waals surface area (Å²) in [6.07, 6.45) is 7.74. The maximum absolute atomic E-state index is 12.2. The monoisotopic (exact) mass is 822 g/mol. The second kappa shape index (κ2) is 13.9. The molecule has 4 nitrogen and oxygen atoms in total. The zero-order chi connectivity index (χ0) is 34.5. The van der Waals surface area contributed by atoms with Crippen LogP contribution >= 0.6 is 0 Å². The van der Waals surface area contributed by atoms with Crippen LogP contribution < -0.4 is 0 Å². The van der Waals surface area contributed by atoms with Crippen molar-refractivity contribution < 1.29 is 30.0 Å². The van der Waals surface area contributed by atoms with Crippen molar-refractivity contribution in [2.75, 3.05) is 0 Å². The molecule has 6 aromatic rings. The number of benzene rings is 3. The molecule has 0 saturated heterocycles. The third-order valence-corrected chi connectivity index (χ3v) is 11.2. The summed E-state index contributed by atoms with van der Waals surface area (Å²) in [4.78, 5) is 17.1. The number of carbonyl (C=O) groups excluding carboxylic acids is 1. The smallest absolute Gasteiger partial charge is 0.164 e. The van der Waals surface area contributed by atoms with Gasteiger partial charge >= 0.3 is 0 Å². The number of pyridine rings is 2. The Hall–Kier alpha value is -3.27. The van der Waals surface area contributed by atoms with E-state index in [0.717, 1.165) is 48.4 Å². The SMILES string of the molecule is CCC(C)(CC)C(=O)/C=C(\O)C(C)(CC)CC.Cc1c2ccccc2[c-]c2c3nccc4ccc5c(CC(C)(C)C)c(C)n(c12)c5c43.[Ir]. The number of fused-ring (bicyclic) bond motifs is 4. The number of nitrogens with zero attached hydrogens (tertiary/aromatic N) is 2. The third kappa shape index (κ3) is 6.41. The Kier molecular flexibility index (Phi) is 10.9. The molecule has 48 heavy (non-hydrogen) atoms. The zero-order valence-corrected chi connectivity index (χ0v) is 33.2. The molecule has 257 valence electrons. The van der Waals surface area contributed by atoms with Gasteiger partial charge in [0.1, 0.15) is 5.76 Å². The molecule has 0 bridgehead atoms. The van der Waals surface area contributed by atoms with Crippen LogP contribution in [0.4, 0.5) is 0 Å². The van der Waals surface area contributed by atoms with E-state index in [-0.39, 0.29) is 47.9 Å². The molecule has 6 rings (SSSR count). The summed E-state index contributed by atoms with van der Waals surface area (Å²) < 4.78 is 2.50. The minimum absolute atomic E-state index is 0. The molecule has 1 radical (unpaired) electrons. The Labute approximate surface area is 300 Å². The van der Waals surface area contributed by atoms with Crippen LogP contribution in [0, 0.1) is 36.2 Å². The Morgan fingerprint density at radius 2 is 1.48 bits per heavy atom. The van der Waals surface area contributed by atoms with Gasteiger partial charge in [0.15, 0.2) is 5.78 Å². The van der Waals surface area contributed by atoms with E-state index in [1.54, 1.807) is 0 Å². The molecule has 3 heterocycles. The van der Waals surface area contributed by atoms with Gasteiger partial charge in [0.25, 0.3) is 0 Å². The standard InChI is InChI=1S/C28H25N2.C15H28O2.Ir/c1-16-20-9-7-6-8-19(20)14-22-25-24-18(12-13-29-25)10-11-21-23(15-28(3,4)5)17(2)30(26(16)22)27(21)24;1-7-14(5,8-2)12(16)11-13(17)15(6,9-3)10-4;/h6-13H,15H2,1-5H3;11,16H,7-10H2,1-6H3;/q-1;;/b;12-11-;. The van der Waals surface area contributed by atoms with Crippen molar-refractivity contribution in [3.05, 3.63) is 83.4 Å². The van der Waals surface area contributed by atoms with Crippen molar-refractivity contribution in [3.63, 3.8) is 0 Å². The number of aryl methyl sites for hydroxylation is 2. The number of rotatable bonds is 8. The molecule has 1 N–H and O–H groups in total. The quantitative estimate of drug-likeness (QED) is 0.0547. The van der Waals surface area contributed by atoms with Gasteiger partial charge in [-0.05, 0) is 72.4 Å². The number of hydrogen-bond donors (Lipinski definition) is 1. The predicted octanol–water partition coefficient (Wildman–Crippen LogP) is 12.0. The molecule has 0 fully saturated rings. The Bertz CT molecular complexity index is 2120. The summed E-state index contributed by atoms with van der Waals surface area (Å²) in [6.45, 7) is 23.6.